The molecule has 0 saturated carbocycles. The van der Waals surface area contributed by atoms with Crippen LogP contribution in [0.1, 0.15) is 28.3 Å². The molecule has 1 atom stereocenters. The fourth-order valence-corrected chi connectivity index (χ4v) is 3.25. The van der Waals surface area contributed by atoms with Crippen LogP contribution >= 0.6 is 0 Å². The minimum atomic E-state index is -3.19. The van der Waals surface area contributed by atoms with Crippen molar-refractivity contribution in [3.8, 4) is 0 Å². The van der Waals surface area contributed by atoms with E-state index in [9.17, 15) is 8.42 Å². The summed E-state index contributed by atoms with van der Waals surface area (Å²) in [7, 11) is -1.31. The highest BCUT2D eigenvalue weighted by Gasteiger charge is 2.16. The predicted octanol–water partition coefficient (Wildman–Crippen LogP) is 3.02. The molecule has 0 fully saturated rings. The highest BCUT2D eigenvalue weighted by Crippen LogP contribution is 2.26. The van der Waals surface area contributed by atoms with Crippen LogP contribution in [0.25, 0.3) is 0 Å². The smallest absolute Gasteiger partial charge is 0.175 e. The van der Waals surface area contributed by atoms with E-state index in [0.717, 1.165) is 11.1 Å². The van der Waals surface area contributed by atoms with Gasteiger partial charge in [0.1, 0.15) is 0 Å². The molecular weight excluding hydrogens is 282 g/mol. The zero-order valence-electron chi connectivity index (χ0n) is 12.8. The minimum Gasteiger partial charge on any atom is -0.309 e. The molecule has 0 aliphatic heterocycles. The topological polar surface area (TPSA) is 46.2 Å². The molecule has 0 radical (unpaired) electrons. The van der Waals surface area contributed by atoms with E-state index in [1.807, 2.05) is 13.1 Å². The fraction of sp³-hybridized carbons (Fsp3) is 0.294. The van der Waals surface area contributed by atoms with Crippen LogP contribution in [0.3, 0.4) is 0 Å². The lowest BCUT2D eigenvalue weighted by Crippen LogP contribution is -2.19. The van der Waals surface area contributed by atoms with Crippen LogP contribution in [0.4, 0.5) is 0 Å². The van der Waals surface area contributed by atoms with Gasteiger partial charge in [-0.25, -0.2) is 8.42 Å². The molecule has 0 saturated heterocycles. The summed E-state index contributed by atoms with van der Waals surface area (Å²) < 4.78 is 23.4. The zero-order chi connectivity index (χ0) is 15.6. The summed E-state index contributed by atoms with van der Waals surface area (Å²) in [5.41, 5.74) is 4.52. The summed E-state index contributed by atoms with van der Waals surface area (Å²) >= 11 is 0. The molecule has 112 valence electrons. The summed E-state index contributed by atoms with van der Waals surface area (Å²) in [6.45, 7) is 4.14. The summed E-state index contributed by atoms with van der Waals surface area (Å²) in [6.07, 6.45) is 1.23. The first-order chi connectivity index (χ1) is 9.82. The van der Waals surface area contributed by atoms with Gasteiger partial charge in [-0.3, -0.25) is 0 Å². The third kappa shape index (κ3) is 3.52. The Morgan fingerprint density at radius 3 is 2.33 bits per heavy atom. The Morgan fingerprint density at radius 1 is 1.05 bits per heavy atom. The minimum absolute atomic E-state index is 0.0210. The first kappa shape index (κ1) is 15.7. The second-order valence-electron chi connectivity index (χ2n) is 5.43. The second-order valence-corrected chi connectivity index (χ2v) is 7.44. The van der Waals surface area contributed by atoms with Crippen LogP contribution in [-0.4, -0.2) is 21.7 Å². The first-order valence-electron chi connectivity index (χ1n) is 6.87. The maximum absolute atomic E-state index is 11.7. The van der Waals surface area contributed by atoms with Gasteiger partial charge in [0.15, 0.2) is 9.84 Å². The summed E-state index contributed by atoms with van der Waals surface area (Å²) in [4.78, 5) is 0.352. The summed E-state index contributed by atoms with van der Waals surface area (Å²) in [6, 6.07) is 13.4. The molecule has 4 heteroatoms. The van der Waals surface area contributed by atoms with E-state index in [1.165, 1.54) is 17.4 Å². The molecule has 0 bridgehead atoms. The molecule has 0 amide bonds. The number of benzene rings is 2. The van der Waals surface area contributed by atoms with E-state index in [-0.39, 0.29) is 6.04 Å². The Hall–Kier alpha value is -1.65. The van der Waals surface area contributed by atoms with Gasteiger partial charge in [0.25, 0.3) is 0 Å². The molecule has 3 nitrogen and oxygen atoms in total. The molecule has 1 unspecified atom stereocenters. The number of hydrogen-bond donors (Lipinski definition) is 1. The van der Waals surface area contributed by atoms with Crippen molar-refractivity contribution in [1.82, 2.24) is 5.32 Å². The van der Waals surface area contributed by atoms with Gasteiger partial charge < -0.3 is 5.32 Å². The second kappa shape index (κ2) is 6.00. The maximum atomic E-state index is 11.7. The lowest BCUT2D eigenvalue weighted by molar-refractivity contribution is 0.601. The third-order valence-corrected chi connectivity index (χ3v) is 4.75. The van der Waals surface area contributed by atoms with E-state index in [2.05, 4.69) is 37.4 Å². The SMILES string of the molecule is CNC(c1cccc(S(C)(=O)=O)c1)c1ccc(C)cc1C. The molecule has 2 aromatic carbocycles. The molecule has 2 rings (SSSR count). The highest BCUT2D eigenvalue weighted by molar-refractivity contribution is 7.90. The van der Waals surface area contributed by atoms with Crippen molar-refractivity contribution in [3.05, 3.63) is 64.7 Å². The Kier molecular flexibility index (Phi) is 4.49. The Bertz CT molecular complexity index is 751. The average molecular weight is 303 g/mol. The zero-order valence-corrected chi connectivity index (χ0v) is 13.7. The lowest BCUT2D eigenvalue weighted by atomic mass is 9.94. The Balaban J connectivity index is 2.51. The van der Waals surface area contributed by atoms with Gasteiger partial charge in [0, 0.05) is 6.26 Å². The van der Waals surface area contributed by atoms with Gasteiger partial charge in [0.05, 0.1) is 10.9 Å². The van der Waals surface area contributed by atoms with Gasteiger partial charge in [-0.2, -0.15) is 0 Å². The van der Waals surface area contributed by atoms with Gasteiger partial charge >= 0.3 is 0 Å². The number of rotatable bonds is 4. The Labute approximate surface area is 126 Å². The van der Waals surface area contributed by atoms with Gasteiger partial charge in [0.2, 0.25) is 0 Å². The van der Waals surface area contributed by atoms with Crippen molar-refractivity contribution in [2.75, 3.05) is 13.3 Å². The first-order valence-corrected chi connectivity index (χ1v) is 8.76. The average Bonchev–Trinajstić information content (AvgIpc) is 2.41. The third-order valence-electron chi connectivity index (χ3n) is 3.64. The molecule has 0 aliphatic carbocycles. The number of nitrogens with one attached hydrogen (secondary N) is 1. The number of hydrogen-bond acceptors (Lipinski definition) is 3. The molecule has 0 spiro atoms. The van der Waals surface area contributed by atoms with Crippen LogP contribution in [-0.2, 0) is 9.84 Å². The van der Waals surface area contributed by atoms with E-state index < -0.39 is 9.84 Å². The van der Waals surface area contributed by atoms with Crippen LogP contribution < -0.4 is 5.32 Å². The summed E-state index contributed by atoms with van der Waals surface area (Å²) in [5.74, 6) is 0. The quantitative estimate of drug-likeness (QED) is 0.944. The van der Waals surface area contributed by atoms with E-state index in [4.69, 9.17) is 0 Å². The van der Waals surface area contributed by atoms with Crippen molar-refractivity contribution in [2.24, 2.45) is 0 Å². The van der Waals surface area contributed by atoms with Crippen molar-refractivity contribution < 1.29 is 8.42 Å². The molecule has 1 N–H and O–H groups in total. The van der Waals surface area contributed by atoms with Crippen molar-refractivity contribution in [1.29, 1.82) is 0 Å². The van der Waals surface area contributed by atoms with Gasteiger partial charge in [-0.1, -0.05) is 35.9 Å². The van der Waals surface area contributed by atoms with Crippen molar-refractivity contribution in [2.45, 2.75) is 24.8 Å². The van der Waals surface area contributed by atoms with Crippen LogP contribution in [0.5, 0.6) is 0 Å². The normalized spacial score (nSPS) is 13.1. The largest absolute Gasteiger partial charge is 0.309 e. The standard InChI is InChI=1S/C17H21NO2S/c1-12-8-9-16(13(2)10-12)17(18-3)14-6-5-7-15(11-14)21(4,19)20/h5-11,17-18H,1-4H3. The highest BCUT2D eigenvalue weighted by atomic mass is 32.2. The molecule has 0 aliphatic rings. The number of sulfone groups is 1. The predicted molar refractivity (Wildman–Crippen MR) is 86.4 cm³/mol. The van der Waals surface area contributed by atoms with E-state index in [1.54, 1.807) is 18.2 Å². The van der Waals surface area contributed by atoms with Crippen LogP contribution in [0, 0.1) is 13.8 Å². The van der Waals surface area contributed by atoms with E-state index in [0.29, 0.717) is 4.90 Å². The molecular formula is C17H21NO2S. The fourth-order valence-electron chi connectivity index (χ4n) is 2.58. The van der Waals surface area contributed by atoms with E-state index >= 15 is 0 Å². The van der Waals surface area contributed by atoms with Crippen LogP contribution in [0.15, 0.2) is 47.4 Å². The Morgan fingerprint density at radius 2 is 1.76 bits per heavy atom. The van der Waals surface area contributed by atoms with Gasteiger partial charge in [-0.05, 0) is 49.7 Å². The van der Waals surface area contributed by atoms with Crippen molar-refractivity contribution >= 4 is 9.84 Å². The van der Waals surface area contributed by atoms with Crippen LogP contribution in [0.2, 0.25) is 0 Å². The maximum Gasteiger partial charge on any atom is 0.175 e. The number of aryl methyl sites for hydroxylation is 2. The molecule has 21 heavy (non-hydrogen) atoms. The molecule has 2 aromatic rings. The molecule has 0 aromatic heterocycles. The monoisotopic (exact) mass is 303 g/mol. The lowest BCUT2D eigenvalue weighted by Gasteiger charge is -2.20. The van der Waals surface area contributed by atoms with Crippen molar-refractivity contribution in [3.63, 3.8) is 0 Å². The molecule has 0 heterocycles. The summed E-state index contributed by atoms with van der Waals surface area (Å²) in [5, 5.41) is 3.28. The van der Waals surface area contributed by atoms with Gasteiger partial charge in [-0.15, -0.1) is 0 Å².